The molecule has 0 aliphatic carbocycles. The fourth-order valence-corrected chi connectivity index (χ4v) is 3.96. The number of carbonyl (C=O) groups is 2. The summed E-state index contributed by atoms with van der Waals surface area (Å²) in [5, 5.41) is 3.52. The Morgan fingerprint density at radius 3 is 2.35 bits per heavy atom. The van der Waals surface area contributed by atoms with E-state index >= 15 is 0 Å². The summed E-state index contributed by atoms with van der Waals surface area (Å²) >= 11 is 0.955. The number of hydrogen-bond acceptors (Lipinski definition) is 6. The second-order valence-corrected chi connectivity index (χ2v) is 6.52. The minimum atomic E-state index is -3.82. The predicted octanol–water partition coefficient (Wildman–Crippen LogP) is -1.02. The van der Waals surface area contributed by atoms with Gasteiger partial charge in [0, 0.05) is 11.1 Å². The van der Waals surface area contributed by atoms with E-state index < -0.39 is 21.8 Å². The van der Waals surface area contributed by atoms with Crippen LogP contribution in [-0.4, -0.2) is 37.6 Å². The molecule has 92 valence electrons. The number of nitrogen functional groups attached to an aromatic ring is 1. The average Bonchev–Trinajstić information content (AvgIpc) is 2.64. The van der Waals surface area contributed by atoms with E-state index in [0.717, 1.165) is 15.6 Å². The average molecular weight is 275 g/mol. The van der Waals surface area contributed by atoms with Gasteiger partial charge < -0.3 is 5.73 Å². The molecule has 0 unspecified atom stereocenters. The van der Waals surface area contributed by atoms with Gasteiger partial charge in [0.15, 0.2) is 0 Å². The van der Waals surface area contributed by atoms with E-state index in [1.54, 1.807) is 0 Å². The van der Waals surface area contributed by atoms with E-state index in [9.17, 15) is 18.0 Å². The molecule has 2 rings (SSSR count). The lowest BCUT2D eigenvalue weighted by atomic mass is 10.4. The maximum Gasteiger partial charge on any atom is 0.253 e. The monoisotopic (exact) mass is 275 g/mol. The van der Waals surface area contributed by atoms with Crippen LogP contribution >= 0.6 is 11.3 Å². The van der Waals surface area contributed by atoms with Crippen molar-refractivity contribution in [3.63, 3.8) is 0 Å². The molecule has 0 aromatic carbocycles. The number of nitrogens with zero attached hydrogens (tertiary/aromatic N) is 1. The van der Waals surface area contributed by atoms with E-state index in [4.69, 9.17) is 5.73 Å². The van der Waals surface area contributed by atoms with Gasteiger partial charge in [0.05, 0.1) is 13.1 Å². The molecule has 2 amide bonds. The molecule has 2 heterocycles. The summed E-state index contributed by atoms with van der Waals surface area (Å²) in [5.41, 5.74) is 5.78. The van der Waals surface area contributed by atoms with Crippen LogP contribution in [0.3, 0.4) is 0 Å². The highest BCUT2D eigenvalue weighted by molar-refractivity contribution is 7.91. The zero-order valence-corrected chi connectivity index (χ0v) is 10.2. The van der Waals surface area contributed by atoms with Gasteiger partial charge in [0.25, 0.3) is 10.0 Å². The van der Waals surface area contributed by atoms with Crippen LogP contribution < -0.4 is 11.1 Å². The van der Waals surface area contributed by atoms with E-state index in [2.05, 4.69) is 0 Å². The first-order valence-electron chi connectivity index (χ1n) is 4.56. The third-order valence-electron chi connectivity index (χ3n) is 2.11. The fraction of sp³-hybridized carbons (Fsp3) is 0.250. The van der Waals surface area contributed by atoms with Gasteiger partial charge in [-0.2, -0.15) is 4.31 Å². The van der Waals surface area contributed by atoms with Crippen LogP contribution in [-0.2, 0) is 19.6 Å². The van der Waals surface area contributed by atoms with Crippen LogP contribution in [0.2, 0.25) is 0 Å². The molecule has 0 atom stereocenters. The molecule has 1 aliphatic rings. The van der Waals surface area contributed by atoms with Crippen LogP contribution in [0.15, 0.2) is 15.7 Å². The molecular formula is C8H9N3O4S2. The maximum atomic E-state index is 12.0. The standard InChI is InChI=1S/C8H9N3O4S2/c9-5-1-8(16-4-5)17(14,15)11-2-6(12)10-7(13)3-11/h1,4H,2-3,9H2,(H,10,12,13). The Bertz CT molecular complexity index is 561. The van der Waals surface area contributed by atoms with Crippen molar-refractivity contribution >= 4 is 38.9 Å². The van der Waals surface area contributed by atoms with E-state index in [0.29, 0.717) is 5.69 Å². The molecule has 17 heavy (non-hydrogen) atoms. The Morgan fingerprint density at radius 2 is 1.88 bits per heavy atom. The van der Waals surface area contributed by atoms with Gasteiger partial charge >= 0.3 is 0 Å². The number of sulfonamides is 1. The second-order valence-electron chi connectivity index (χ2n) is 3.44. The number of carbonyl (C=O) groups excluding carboxylic acids is 2. The summed E-state index contributed by atoms with van der Waals surface area (Å²) in [5.74, 6) is -1.26. The minimum absolute atomic E-state index is 0.0255. The number of nitrogens with one attached hydrogen (secondary N) is 1. The number of amides is 2. The molecule has 1 aromatic rings. The van der Waals surface area contributed by atoms with Gasteiger partial charge in [-0.25, -0.2) is 8.42 Å². The molecule has 9 heteroatoms. The quantitative estimate of drug-likeness (QED) is 0.671. The van der Waals surface area contributed by atoms with Gasteiger partial charge in [0.2, 0.25) is 11.8 Å². The van der Waals surface area contributed by atoms with Gasteiger partial charge in [-0.15, -0.1) is 11.3 Å². The third-order valence-corrected chi connectivity index (χ3v) is 5.33. The summed E-state index contributed by atoms with van der Waals surface area (Å²) in [6, 6.07) is 1.30. The topological polar surface area (TPSA) is 110 Å². The first kappa shape index (κ1) is 12.0. The molecule has 3 N–H and O–H groups in total. The van der Waals surface area contributed by atoms with Gasteiger partial charge in [0.1, 0.15) is 4.21 Å². The molecule has 0 spiro atoms. The summed E-state index contributed by atoms with van der Waals surface area (Å²) < 4.78 is 24.9. The number of thiophene rings is 1. The van der Waals surface area contributed by atoms with Crippen molar-refractivity contribution < 1.29 is 18.0 Å². The first-order chi connectivity index (χ1) is 7.89. The van der Waals surface area contributed by atoms with Crippen LogP contribution in [0.5, 0.6) is 0 Å². The lowest BCUT2D eigenvalue weighted by molar-refractivity contribution is -0.134. The lowest BCUT2D eigenvalue weighted by Crippen LogP contribution is -2.53. The Kier molecular flexibility index (Phi) is 2.89. The minimum Gasteiger partial charge on any atom is -0.398 e. The Labute approximate surface area is 101 Å². The molecule has 1 aliphatic heterocycles. The van der Waals surface area contributed by atoms with Gasteiger partial charge in [-0.1, -0.05) is 0 Å². The van der Waals surface area contributed by atoms with Crippen molar-refractivity contribution in [1.82, 2.24) is 9.62 Å². The highest BCUT2D eigenvalue weighted by Gasteiger charge is 2.33. The number of imide groups is 1. The van der Waals surface area contributed by atoms with Gasteiger partial charge in [-0.05, 0) is 6.07 Å². The lowest BCUT2D eigenvalue weighted by Gasteiger charge is -2.23. The molecule has 0 saturated carbocycles. The van der Waals surface area contributed by atoms with Crippen molar-refractivity contribution in [3.05, 3.63) is 11.4 Å². The molecule has 7 nitrogen and oxygen atoms in total. The van der Waals surface area contributed by atoms with Crippen molar-refractivity contribution in [3.8, 4) is 0 Å². The fourth-order valence-electron chi connectivity index (χ4n) is 1.37. The second kappa shape index (κ2) is 4.09. The van der Waals surface area contributed by atoms with Crippen LogP contribution in [0, 0.1) is 0 Å². The zero-order chi connectivity index (χ0) is 12.6. The highest BCUT2D eigenvalue weighted by Crippen LogP contribution is 2.25. The normalized spacial score (nSPS) is 18.1. The van der Waals surface area contributed by atoms with Crippen molar-refractivity contribution in [2.24, 2.45) is 0 Å². The van der Waals surface area contributed by atoms with Crippen molar-refractivity contribution in [2.75, 3.05) is 18.8 Å². The van der Waals surface area contributed by atoms with Crippen molar-refractivity contribution in [1.29, 1.82) is 0 Å². The summed E-state index contributed by atoms with van der Waals surface area (Å²) in [7, 11) is -3.82. The molecule has 1 saturated heterocycles. The van der Waals surface area contributed by atoms with Crippen molar-refractivity contribution in [2.45, 2.75) is 4.21 Å². The number of nitrogens with two attached hydrogens (primary N) is 1. The first-order valence-corrected chi connectivity index (χ1v) is 6.88. The molecule has 1 fully saturated rings. The third kappa shape index (κ3) is 2.30. The highest BCUT2D eigenvalue weighted by atomic mass is 32.2. The van der Waals surface area contributed by atoms with Gasteiger partial charge in [-0.3, -0.25) is 14.9 Å². The molecule has 0 bridgehead atoms. The summed E-state index contributed by atoms with van der Waals surface area (Å²) in [4.78, 5) is 22.2. The molecular weight excluding hydrogens is 266 g/mol. The largest absolute Gasteiger partial charge is 0.398 e. The number of anilines is 1. The Hall–Kier alpha value is -1.45. The molecule has 0 radical (unpaired) electrons. The SMILES string of the molecule is Nc1csc(S(=O)(=O)N2CC(=O)NC(=O)C2)c1. The van der Waals surface area contributed by atoms with Crippen LogP contribution in [0.4, 0.5) is 5.69 Å². The van der Waals surface area contributed by atoms with Crippen LogP contribution in [0.25, 0.3) is 0 Å². The number of rotatable bonds is 2. The van der Waals surface area contributed by atoms with E-state index in [-0.39, 0.29) is 17.3 Å². The van der Waals surface area contributed by atoms with E-state index in [1.807, 2.05) is 5.32 Å². The smallest absolute Gasteiger partial charge is 0.253 e. The number of piperazine rings is 1. The maximum absolute atomic E-state index is 12.0. The summed E-state index contributed by atoms with van der Waals surface area (Å²) in [6.07, 6.45) is 0. The zero-order valence-electron chi connectivity index (χ0n) is 8.54. The Morgan fingerprint density at radius 1 is 1.29 bits per heavy atom. The predicted molar refractivity (Wildman–Crippen MR) is 60.6 cm³/mol. The summed E-state index contributed by atoms with van der Waals surface area (Å²) in [6.45, 7) is -0.711. The van der Waals surface area contributed by atoms with Crippen LogP contribution in [0.1, 0.15) is 0 Å². The number of hydrogen-bond donors (Lipinski definition) is 2. The molecule has 1 aromatic heterocycles. The Balaban J connectivity index is 2.33. The van der Waals surface area contributed by atoms with E-state index in [1.165, 1.54) is 11.4 Å².